The van der Waals surface area contributed by atoms with E-state index in [4.69, 9.17) is 21.6 Å². The van der Waals surface area contributed by atoms with Crippen molar-refractivity contribution in [2.24, 2.45) is 0 Å². The van der Waals surface area contributed by atoms with E-state index in [1.807, 2.05) is 24.3 Å². The number of unbranched alkanes of at least 4 members (excludes halogenated alkanes) is 2. The fourth-order valence-electron chi connectivity index (χ4n) is 2.40. The summed E-state index contributed by atoms with van der Waals surface area (Å²) in [5, 5.41) is 12.8. The predicted molar refractivity (Wildman–Crippen MR) is 76.0 cm³/mol. The van der Waals surface area contributed by atoms with Gasteiger partial charge in [-0.3, -0.25) is 0 Å². The number of rotatable bonds is 6. The SMILES string of the molecule is N#CCCCCN[C@@H]1CCO[C@H]1c1ccc(Cl)cc1. The zero-order chi connectivity index (χ0) is 13.5. The standard InChI is InChI=1S/C15H19ClN2O/c16-13-6-4-12(5-7-13)15-14(8-11-19-15)18-10-3-1-2-9-17/h4-7,14-15,18H,1-3,8,10-11H2/t14-,15+/m1/s1. The lowest BCUT2D eigenvalue weighted by Gasteiger charge is -2.20. The molecule has 1 aromatic carbocycles. The van der Waals surface area contributed by atoms with Crippen LogP contribution in [-0.4, -0.2) is 19.2 Å². The van der Waals surface area contributed by atoms with Gasteiger partial charge in [0.15, 0.2) is 0 Å². The Bertz CT molecular complexity index is 427. The van der Waals surface area contributed by atoms with Crippen LogP contribution in [0.25, 0.3) is 0 Å². The summed E-state index contributed by atoms with van der Waals surface area (Å²) in [5.41, 5.74) is 1.18. The fourth-order valence-corrected chi connectivity index (χ4v) is 2.52. The molecule has 2 rings (SSSR count). The monoisotopic (exact) mass is 278 g/mol. The normalized spacial score (nSPS) is 22.3. The Kier molecular flexibility index (Phi) is 5.65. The molecule has 0 radical (unpaired) electrons. The summed E-state index contributed by atoms with van der Waals surface area (Å²) in [6, 6.07) is 10.4. The molecule has 0 spiro atoms. The number of benzene rings is 1. The van der Waals surface area contributed by atoms with Gasteiger partial charge in [0.1, 0.15) is 0 Å². The van der Waals surface area contributed by atoms with Gasteiger partial charge >= 0.3 is 0 Å². The quantitative estimate of drug-likeness (QED) is 0.811. The van der Waals surface area contributed by atoms with E-state index in [0.717, 1.165) is 37.4 Å². The van der Waals surface area contributed by atoms with Crippen LogP contribution in [0.15, 0.2) is 24.3 Å². The molecule has 102 valence electrons. The molecule has 1 saturated heterocycles. The first kappa shape index (κ1) is 14.3. The topological polar surface area (TPSA) is 45.0 Å². The average molecular weight is 279 g/mol. The number of nitrogens with one attached hydrogen (secondary N) is 1. The summed E-state index contributed by atoms with van der Waals surface area (Å²) < 4.78 is 5.81. The predicted octanol–water partition coefficient (Wildman–Crippen LogP) is 3.45. The van der Waals surface area contributed by atoms with Gasteiger partial charge in [0.25, 0.3) is 0 Å². The zero-order valence-corrected chi connectivity index (χ0v) is 11.7. The summed E-state index contributed by atoms with van der Waals surface area (Å²) in [6.45, 7) is 1.74. The maximum atomic E-state index is 8.49. The van der Waals surface area contributed by atoms with Crippen LogP contribution >= 0.6 is 11.6 Å². The van der Waals surface area contributed by atoms with Gasteiger partial charge in [0.05, 0.1) is 12.2 Å². The molecular weight excluding hydrogens is 260 g/mol. The first-order valence-electron chi connectivity index (χ1n) is 6.78. The fraction of sp³-hybridized carbons (Fsp3) is 0.533. The van der Waals surface area contributed by atoms with Crippen LogP contribution in [0, 0.1) is 11.3 Å². The number of hydrogen-bond acceptors (Lipinski definition) is 3. The van der Waals surface area contributed by atoms with Crippen LogP contribution in [0.3, 0.4) is 0 Å². The molecule has 2 atom stereocenters. The van der Waals surface area contributed by atoms with Crippen LogP contribution in [-0.2, 0) is 4.74 Å². The smallest absolute Gasteiger partial charge is 0.0978 e. The Morgan fingerprint density at radius 1 is 1.32 bits per heavy atom. The third-order valence-corrected chi connectivity index (χ3v) is 3.66. The summed E-state index contributed by atoms with van der Waals surface area (Å²) in [4.78, 5) is 0. The Hall–Kier alpha value is -1.08. The van der Waals surface area contributed by atoms with Gasteiger partial charge in [-0.25, -0.2) is 0 Å². The van der Waals surface area contributed by atoms with Gasteiger partial charge in [0, 0.05) is 24.1 Å². The minimum Gasteiger partial charge on any atom is -0.372 e. The van der Waals surface area contributed by atoms with Crippen LogP contribution in [0.4, 0.5) is 0 Å². The van der Waals surface area contributed by atoms with Crippen LogP contribution in [0.1, 0.15) is 37.4 Å². The van der Waals surface area contributed by atoms with E-state index in [2.05, 4.69) is 11.4 Å². The minimum atomic E-state index is 0.119. The van der Waals surface area contributed by atoms with E-state index in [1.165, 1.54) is 5.56 Å². The van der Waals surface area contributed by atoms with E-state index in [-0.39, 0.29) is 6.10 Å². The van der Waals surface area contributed by atoms with Crippen molar-refractivity contribution in [1.82, 2.24) is 5.32 Å². The maximum absolute atomic E-state index is 8.49. The molecule has 0 aliphatic carbocycles. The molecule has 1 aromatic rings. The van der Waals surface area contributed by atoms with Crippen molar-refractivity contribution in [3.63, 3.8) is 0 Å². The molecule has 1 aliphatic rings. The molecule has 0 amide bonds. The van der Waals surface area contributed by atoms with Gasteiger partial charge < -0.3 is 10.1 Å². The van der Waals surface area contributed by atoms with Crippen molar-refractivity contribution in [3.05, 3.63) is 34.9 Å². The molecule has 1 heterocycles. The van der Waals surface area contributed by atoms with Gasteiger partial charge in [-0.2, -0.15) is 5.26 Å². The summed E-state index contributed by atoms with van der Waals surface area (Å²) >= 11 is 5.90. The van der Waals surface area contributed by atoms with Crippen molar-refractivity contribution in [3.8, 4) is 6.07 Å². The maximum Gasteiger partial charge on any atom is 0.0978 e. The Morgan fingerprint density at radius 2 is 2.11 bits per heavy atom. The highest BCUT2D eigenvalue weighted by Crippen LogP contribution is 2.29. The highest BCUT2D eigenvalue weighted by atomic mass is 35.5. The highest BCUT2D eigenvalue weighted by Gasteiger charge is 2.28. The lowest BCUT2D eigenvalue weighted by atomic mass is 10.0. The van der Waals surface area contributed by atoms with Gasteiger partial charge in [-0.05, 0) is 43.5 Å². The van der Waals surface area contributed by atoms with Crippen molar-refractivity contribution < 1.29 is 4.74 Å². The molecule has 0 saturated carbocycles. The van der Waals surface area contributed by atoms with Gasteiger partial charge in [-0.1, -0.05) is 23.7 Å². The second-order valence-electron chi connectivity index (χ2n) is 4.81. The molecular formula is C15H19ClN2O. The van der Waals surface area contributed by atoms with Crippen LogP contribution in [0.2, 0.25) is 5.02 Å². The lowest BCUT2D eigenvalue weighted by molar-refractivity contribution is 0.0987. The molecule has 1 fully saturated rings. The molecule has 4 heteroatoms. The Morgan fingerprint density at radius 3 is 2.84 bits per heavy atom. The van der Waals surface area contributed by atoms with E-state index < -0.39 is 0 Å². The van der Waals surface area contributed by atoms with Crippen LogP contribution < -0.4 is 5.32 Å². The Labute approximate surface area is 119 Å². The molecule has 0 unspecified atom stereocenters. The summed E-state index contributed by atoms with van der Waals surface area (Å²) in [5.74, 6) is 0. The molecule has 3 nitrogen and oxygen atoms in total. The van der Waals surface area contributed by atoms with E-state index in [1.54, 1.807) is 0 Å². The third kappa shape index (κ3) is 4.21. The van der Waals surface area contributed by atoms with Gasteiger partial charge in [0.2, 0.25) is 0 Å². The number of halogens is 1. The lowest BCUT2D eigenvalue weighted by Crippen LogP contribution is -2.32. The average Bonchev–Trinajstić information content (AvgIpc) is 2.88. The second-order valence-corrected chi connectivity index (χ2v) is 5.24. The first-order chi connectivity index (χ1) is 9.31. The van der Waals surface area contributed by atoms with Crippen molar-refractivity contribution >= 4 is 11.6 Å². The summed E-state index contributed by atoms with van der Waals surface area (Å²) in [6.07, 6.45) is 3.79. The van der Waals surface area contributed by atoms with Crippen molar-refractivity contribution in [1.29, 1.82) is 5.26 Å². The van der Waals surface area contributed by atoms with Crippen molar-refractivity contribution in [2.75, 3.05) is 13.2 Å². The van der Waals surface area contributed by atoms with Crippen molar-refractivity contribution in [2.45, 2.75) is 37.8 Å². The number of ether oxygens (including phenoxy) is 1. The molecule has 1 aliphatic heterocycles. The molecule has 19 heavy (non-hydrogen) atoms. The van der Waals surface area contributed by atoms with Crippen LogP contribution in [0.5, 0.6) is 0 Å². The second kappa shape index (κ2) is 7.49. The number of nitriles is 1. The number of nitrogens with zero attached hydrogens (tertiary/aromatic N) is 1. The minimum absolute atomic E-state index is 0.119. The summed E-state index contributed by atoms with van der Waals surface area (Å²) in [7, 11) is 0. The van der Waals surface area contributed by atoms with E-state index in [9.17, 15) is 0 Å². The van der Waals surface area contributed by atoms with E-state index in [0.29, 0.717) is 12.5 Å². The molecule has 1 N–H and O–H groups in total. The Balaban J connectivity index is 1.83. The molecule has 0 aromatic heterocycles. The highest BCUT2D eigenvalue weighted by molar-refractivity contribution is 6.30. The van der Waals surface area contributed by atoms with E-state index >= 15 is 0 Å². The van der Waals surface area contributed by atoms with Gasteiger partial charge in [-0.15, -0.1) is 0 Å². The first-order valence-corrected chi connectivity index (χ1v) is 7.16. The molecule has 0 bridgehead atoms. The zero-order valence-electron chi connectivity index (χ0n) is 10.9. The largest absolute Gasteiger partial charge is 0.372 e. The third-order valence-electron chi connectivity index (χ3n) is 3.41. The number of hydrogen-bond donors (Lipinski definition) is 1.